The van der Waals surface area contributed by atoms with Gasteiger partial charge in [0, 0.05) is 18.4 Å². The summed E-state index contributed by atoms with van der Waals surface area (Å²) in [5.41, 5.74) is 6.82. The molecule has 0 heterocycles. The van der Waals surface area contributed by atoms with E-state index in [1.54, 1.807) is 0 Å². The zero-order valence-corrected chi connectivity index (χ0v) is 11.2. The molecule has 0 aliphatic heterocycles. The minimum atomic E-state index is 0.137. The van der Waals surface area contributed by atoms with Crippen molar-refractivity contribution in [2.24, 2.45) is 11.1 Å². The molecule has 1 aliphatic carbocycles. The van der Waals surface area contributed by atoms with Gasteiger partial charge < -0.3 is 15.6 Å². The molecule has 0 aromatic heterocycles. The van der Waals surface area contributed by atoms with Crippen LogP contribution in [0.5, 0.6) is 5.75 Å². The highest BCUT2D eigenvalue weighted by Gasteiger charge is 2.43. The predicted octanol–water partition coefficient (Wildman–Crippen LogP) is 2.06. The largest absolute Gasteiger partial charge is 0.493 e. The van der Waals surface area contributed by atoms with E-state index in [1.807, 2.05) is 24.3 Å². The molecule has 0 bridgehead atoms. The summed E-state index contributed by atoms with van der Waals surface area (Å²) in [4.78, 5) is 0.569. The van der Waals surface area contributed by atoms with Gasteiger partial charge in [-0.2, -0.15) is 0 Å². The topological polar surface area (TPSA) is 55.5 Å². The number of hydrogen-bond acceptors (Lipinski definition) is 3. The van der Waals surface area contributed by atoms with Gasteiger partial charge in [-0.1, -0.05) is 30.4 Å². The third-order valence-corrected chi connectivity index (χ3v) is 3.54. The van der Waals surface area contributed by atoms with Gasteiger partial charge >= 0.3 is 0 Å². The van der Waals surface area contributed by atoms with Crippen molar-refractivity contribution in [1.29, 1.82) is 0 Å². The van der Waals surface area contributed by atoms with Crippen LogP contribution in [-0.4, -0.2) is 23.3 Å². The number of rotatable bonds is 7. The van der Waals surface area contributed by atoms with Gasteiger partial charge in [-0.25, -0.2) is 0 Å². The van der Waals surface area contributed by atoms with E-state index in [0.29, 0.717) is 18.0 Å². The fourth-order valence-corrected chi connectivity index (χ4v) is 2.43. The summed E-state index contributed by atoms with van der Waals surface area (Å²) in [6, 6.07) is 7.84. The molecule has 0 saturated heterocycles. The van der Waals surface area contributed by atoms with Crippen LogP contribution in [0, 0.1) is 5.41 Å². The summed E-state index contributed by atoms with van der Waals surface area (Å²) >= 11 is 4.97. The van der Waals surface area contributed by atoms with E-state index in [-0.39, 0.29) is 12.0 Å². The molecule has 4 heteroatoms. The maximum Gasteiger partial charge on any atom is 0.122 e. The van der Waals surface area contributed by atoms with Crippen LogP contribution in [0.25, 0.3) is 0 Å². The van der Waals surface area contributed by atoms with E-state index in [2.05, 4.69) is 0 Å². The first kappa shape index (κ1) is 13.3. The first-order valence-corrected chi connectivity index (χ1v) is 6.66. The van der Waals surface area contributed by atoms with E-state index < -0.39 is 0 Å². The van der Waals surface area contributed by atoms with Crippen LogP contribution in [0.1, 0.15) is 24.8 Å². The van der Waals surface area contributed by atoms with Crippen LogP contribution in [0.15, 0.2) is 24.3 Å². The number of benzene rings is 1. The van der Waals surface area contributed by atoms with Gasteiger partial charge in [0.25, 0.3) is 0 Å². The molecule has 0 radical (unpaired) electrons. The highest BCUT2D eigenvalue weighted by Crippen LogP contribution is 2.49. The first-order valence-electron chi connectivity index (χ1n) is 6.25. The summed E-state index contributed by atoms with van der Waals surface area (Å²) in [5.74, 6) is 0.862. The zero-order valence-electron chi connectivity index (χ0n) is 10.4. The monoisotopic (exact) mass is 265 g/mol. The maximum absolute atomic E-state index is 9.01. The molecule has 0 unspecified atom stereocenters. The Labute approximate surface area is 113 Å². The van der Waals surface area contributed by atoms with Crippen molar-refractivity contribution in [1.82, 2.24) is 0 Å². The lowest BCUT2D eigenvalue weighted by Crippen LogP contribution is -2.21. The number of nitrogens with two attached hydrogens (primary N) is 1. The van der Waals surface area contributed by atoms with E-state index in [1.165, 1.54) is 0 Å². The Balaban J connectivity index is 1.96. The number of aliphatic hydroxyl groups excluding tert-OH is 1. The molecule has 1 aliphatic rings. The second-order valence-corrected chi connectivity index (χ2v) is 5.54. The average Bonchev–Trinajstić information content (AvgIpc) is 3.08. The zero-order chi connectivity index (χ0) is 13.0. The number of para-hydroxylation sites is 1. The van der Waals surface area contributed by atoms with Crippen molar-refractivity contribution in [3.05, 3.63) is 29.8 Å². The Hall–Kier alpha value is -1.13. The molecular formula is C14H19NO2S. The molecule has 2 rings (SSSR count). The normalized spacial score (nSPS) is 16.3. The van der Waals surface area contributed by atoms with Gasteiger partial charge in [-0.15, -0.1) is 0 Å². The molecule has 0 amide bonds. The van der Waals surface area contributed by atoms with Gasteiger partial charge in [0.15, 0.2) is 0 Å². The number of aliphatic hydroxyl groups is 1. The lowest BCUT2D eigenvalue weighted by molar-refractivity contribution is 0.234. The van der Waals surface area contributed by atoms with E-state index in [4.69, 9.17) is 27.8 Å². The molecule has 3 nitrogen and oxygen atoms in total. The Bertz CT molecular complexity index is 430. The van der Waals surface area contributed by atoms with Crippen molar-refractivity contribution < 1.29 is 9.84 Å². The number of thiocarbonyl (C=S) groups is 1. The summed E-state index contributed by atoms with van der Waals surface area (Å²) in [6.45, 7) is 0.797. The fraction of sp³-hybridized carbons (Fsp3) is 0.500. The molecular weight excluding hydrogens is 246 g/mol. The Morgan fingerprint density at radius 1 is 1.39 bits per heavy atom. The molecule has 0 spiro atoms. The predicted molar refractivity (Wildman–Crippen MR) is 75.8 cm³/mol. The van der Waals surface area contributed by atoms with Gasteiger partial charge in [0.1, 0.15) is 5.75 Å². The minimum absolute atomic E-state index is 0.137. The molecule has 18 heavy (non-hydrogen) atoms. The van der Waals surface area contributed by atoms with Crippen molar-refractivity contribution in [3.63, 3.8) is 0 Å². The molecule has 0 atom stereocenters. The van der Waals surface area contributed by atoms with Crippen molar-refractivity contribution in [2.75, 3.05) is 13.2 Å². The number of hydrogen-bond donors (Lipinski definition) is 2. The maximum atomic E-state index is 9.01. The van der Waals surface area contributed by atoms with E-state index in [9.17, 15) is 0 Å². The smallest absolute Gasteiger partial charge is 0.122 e. The summed E-state index contributed by atoms with van der Waals surface area (Å²) in [7, 11) is 0. The quantitative estimate of drug-likeness (QED) is 0.741. The molecule has 1 fully saturated rings. The van der Waals surface area contributed by atoms with Crippen molar-refractivity contribution >= 4 is 17.2 Å². The van der Waals surface area contributed by atoms with Crippen LogP contribution in [0.2, 0.25) is 0 Å². The Kier molecular flexibility index (Phi) is 4.19. The standard InChI is InChI=1S/C14H19NO2S/c15-13(18)9-14(6-7-14)10-17-12-4-2-1-3-11(12)5-8-16/h1-4,16H,5-10H2,(H2,15,18). The minimum Gasteiger partial charge on any atom is -0.493 e. The van der Waals surface area contributed by atoms with Gasteiger partial charge in [0.2, 0.25) is 0 Å². The van der Waals surface area contributed by atoms with Crippen LogP contribution in [0.4, 0.5) is 0 Å². The number of ether oxygens (including phenoxy) is 1. The highest BCUT2D eigenvalue weighted by molar-refractivity contribution is 7.80. The molecule has 1 saturated carbocycles. The SMILES string of the molecule is NC(=S)CC1(COc2ccccc2CCO)CC1. The van der Waals surface area contributed by atoms with E-state index in [0.717, 1.165) is 30.6 Å². The lowest BCUT2D eigenvalue weighted by Gasteiger charge is -2.17. The van der Waals surface area contributed by atoms with Gasteiger partial charge in [-0.05, 0) is 30.9 Å². The molecule has 3 N–H and O–H groups in total. The molecule has 1 aromatic rings. The summed E-state index contributed by atoms with van der Waals surface area (Å²) in [5, 5.41) is 9.01. The first-order chi connectivity index (χ1) is 8.65. The fourth-order valence-electron chi connectivity index (χ4n) is 2.12. The highest BCUT2D eigenvalue weighted by atomic mass is 32.1. The Morgan fingerprint density at radius 3 is 2.72 bits per heavy atom. The Morgan fingerprint density at radius 2 is 2.11 bits per heavy atom. The molecule has 1 aromatic carbocycles. The summed E-state index contributed by atoms with van der Waals surface area (Å²) < 4.78 is 5.89. The van der Waals surface area contributed by atoms with Crippen molar-refractivity contribution in [3.8, 4) is 5.75 Å². The average molecular weight is 265 g/mol. The van der Waals surface area contributed by atoms with Crippen molar-refractivity contribution in [2.45, 2.75) is 25.7 Å². The molecule has 98 valence electrons. The van der Waals surface area contributed by atoms with Crippen LogP contribution in [0.3, 0.4) is 0 Å². The third-order valence-electron chi connectivity index (χ3n) is 3.39. The van der Waals surface area contributed by atoms with Gasteiger partial charge in [-0.3, -0.25) is 0 Å². The second-order valence-electron chi connectivity index (χ2n) is 5.01. The van der Waals surface area contributed by atoms with Crippen LogP contribution < -0.4 is 10.5 Å². The second kappa shape index (κ2) is 5.67. The summed E-state index contributed by atoms with van der Waals surface area (Å²) in [6.07, 6.45) is 3.65. The van der Waals surface area contributed by atoms with Crippen LogP contribution >= 0.6 is 12.2 Å². The van der Waals surface area contributed by atoms with E-state index >= 15 is 0 Å². The van der Waals surface area contributed by atoms with Gasteiger partial charge in [0.05, 0.1) is 11.6 Å². The van der Waals surface area contributed by atoms with Crippen LogP contribution in [-0.2, 0) is 6.42 Å². The third kappa shape index (κ3) is 3.43. The lowest BCUT2D eigenvalue weighted by atomic mass is 10.0.